The van der Waals surface area contributed by atoms with Crippen LogP contribution >= 0.6 is 0 Å². The number of hydrogen-bond acceptors (Lipinski definition) is 6. The fourth-order valence-electron chi connectivity index (χ4n) is 5.42. The van der Waals surface area contributed by atoms with Crippen LogP contribution in [0.4, 0.5) is 0 Å². The molecule has 8 nitrogen and oxygen atoms in total. The maximum Gasteiger partial charge on any atom is 0.248 e. The van der Waals surface area contributed by atoms with Crippen molar-refractivity contribution in [1.82, 2.24) is 13.5 Å². The molecule has 4 aromatic rings. The second-order valence-corrected chi connectivity index (χ2v) is 20.4. The van der Waals surface area contributed by atoms with E-state index in [-0.39, 0.29) is 18.3 Å². The Hall–Kier alpha value is -3.78. The number of nitriles is 1. The Morgan fingerprint density at radius 3 is 2.62 bits per heavy atom. The van der Waals surface area contributed by atoms with E-state index in [4.69, 9.17) is 4.74 Å². The molecule has 2 aromatic heterocycles. The van der Waals surface area contributed by atoms with Gasteiger partial charge in [-0.3, -0.25) is 9.36 Å². The third kappa shape index (κ3) is 5.28. The Morgan fingerprint density at radius 2 is 1.93 bits per heavy atom. The summed E-state index contributed by atoms with van der Waals surface area (Å²) in [7, 11) is -5.19. The van der Waals surface area contributed by atoms with Crippen LogP contribution in [0.25, 0.3) is 21.9 Å². The Labute approximate surface area is 248 Å². The lowest BCUT2D eigenvalue weighted by molar-refractivity contribution is 0.0835. The topological polar surface area (TPSA) is 107 Å². The van der Waals surface area contributed by atoms with Gasteiger partial charge in [-0.15, -0.1) is 0 Å². The van der Waals surface area contributed by atoms with Gasteiger partial charge in [0.1, 0.15) is 11.5 Å². The van der Waals surface area contributed by atoms with E-state index in [1.165, 1.54) is 10.2 Å². The molecule has 1 aliphatic carbocycles. The second kappa shape index (κ2) is 10.8. The van der Waals surface area contributed by atoms with Crippen LogP contribution in [0.5, 0.6) is 0 Å². The highest BCUT2D eigenvalue weighted by Gasteiger charge is 2.40. The molecule has 1 atom stereocenters. The average Bonchev–Trinajstić information content (AvgIpc) is 3.53. The van der Waals surface area contributed by atoms with Crippen LogP contribution in [-0.2, 0) is 21.5 Å². The van der Waals surface area contributed by atoms with Crippen LogP contribution in [0.2, 0.25) is 25.7 Å². The molecule has 0 fully saturated rings. The molecule has 0 saturated carbocycles. The van der Waals surface area contributed by atoms with Gasteiger partial charge in [0.2, 0.25) is 15.8 Å². The second-order valence-electron chi connectivity index (χ2n) is 12.5. The molecular formula is C32H36N4O4SSi. The maximum atomic E-state index is 14.2. The van der Waals surface area contributed by atoms with Gasteiger partial charge >= 0.3 is 0 Å². The molecule has 42 heavy (non-hydrogen) atoms. The summed E-state index contributed by atoms with van der Waals surface area (Å²) < 4.78 is 36.0. The summed E-state index contributed by atoms with van der Waals surface area (Å²) in [6.07, 6.45) is 7.50. The number of allylic oxidation sites excluding steroid dienone is 3. The first-order chi connectivity index (χ1) is 19.8. The Balaban J connectivity index is 1.61. The van der Waals surface area contributed by atoms with E-state index in [0.29, 0.717) is 46.1 Å². The first-order valence-electron chi connectivity index (χ1n) is 14.0. The summed E-state index contributed by atoms with van der Waals surface area (Å²) in [4.78, 5) is 18.9. The number of aromatic nitrogens is 3. The molecule has 0 bridgehead atoms. The maximum absolute atomic E-state index is 14.2. The van der Waals surface area contributed by atoms with Crippen molar-refractivity contribution in [3.63, 3.8) is 0 Å². The number of aryl methyl sites for hydroxylation is 1. The van der Waals surface area contributed by atoms with Gasteiger partial charge in [0.05, 0.1) is 28.2 Å². The average molecular weight is 601 g/mol. The first-order valence-corrected chi connectivity index (χ1v) is 19.2. The van der Waals surface area contributed by atoms with Crippen LogP contribution in [0.1, 0.15) is 47.6 Å². The number of nitrogens with zero attached hydrogens (tertiary/aromatic N) is 4. The highest BCUT2D eigenvalue weighted by Crippen LogP contribution is 2.35. The minimum Gasteiger partial charge on any atom is -0.361 e. The molecule has 0 saturated heterocycles. The Morgan fingerprint density at radius 1 is 1.17 bits per heavy atom. The predicted molar refractivity (Wildman–Crippen MR) is 169 cm³/mol. The van der Waals surface area contributed by atoms with Crippen LogP contribution in [0, 0.1) is 18.3 Å². The molecule has 2 aromatic carbocycles. The smallest absolute Gasteiger partial charge is 0.248 e. The van der Waals surface area contributed by atoms with Crippen molar-refractivity contribution in [2.75, 3.05) is 6.61 Å². The number of hydrogen-bond donors (Lipinski definition) is 0. The van der Waals surface area contributed by atoms with Gasteiger partial charge in [-0.2, -0.15) is 5.26 Å². The fourth-order valence-corrected chi connectivity index (χ4v) is 7.97. The van der Waals surface area contributed by atoms with Crippen LogP contribution in [-0.4, -0.2) is 47.2 Å². The molecule has 10 heteroatoms. The number of rotatable bonds is 9. The lowest BCUT2D eigenvalue weighted by Gasteiger charge is -2.28. The van der Waals surface area contributed by atoms with Gasteiger partial charge < -0.3 is 4.74 Å². The highest BCUT2D eigenvalue weighted by molar-refractivity contribution is 7.91. The highest BCUT2D eigenvalue weighted by atomic mass is 32.2. The van der Waals surface area contributed by atoms with Gasteiger partial charge in [-0.05, 0) is 69.1 Å². The number of fused-ring (bicyclic) bond motifs is 2. The summed E-state index contributed by atoms with van der Waals surface area (Å²) in [5, 5.41) is 10.0. The van der Waals surface area contributed by atoms with Crippen molar-refractivity contribution < 1.29 is 17.9 Å². The zero-order valence-corrected chi connectivity index (χ0v) is 26.7. The molecule has 0 amide bonds. The number of ether oxygens (including phenoxy) is 1. The third-order valence-electron chi connectivity index (χ3n) is 7.84. The number of benzene rings is 2. The number of carbonyl (C=O) groups is 1. The van der Waals surface area contributed by atoms with Crippen molar-refractivity contribution in [2.45, 2.75) is 64.4 Å². The van der Waals surface area contributed by atoms with Crippen molar-refractivity contribution in [2.24, 2.45) is 0 Å². The molecule has 0 radical (unpaired) electrons. The van der Waals surface area contributed by atoms with Crippen LogP contribution in [0.3, 0.4) is 0 Å². The minimum absolute atomic E-state index is 0.110. The number of carbonyl (C=O) groups excluding carboxylic acids is 1. The summed E-state index contributed by atoms with van der Waals surface area (Å²) >= 11 is 0. The third-order valence-corrected chi connectivity index (χ3v) is 11.8. The van der Waals surface area contributed by atoms with Crippen molar-refractivity contribution >= 4 is 45.8 Å². The SMILES string of the molecule is CC1=CC(C)(S(=O)(=O)n2ccc3c(C(=O)c4nc5ccc(C#N)cc5n4COCC[Si](C)(C)C)ccc(C)c32)CC=C1. The zero-order valence-electron chi connectivity index (χ0n) is 24.9. The monoisotopic (exact) mass is 600 g/mol. The lowest BCUT2D eigenvalue weighted by Crippen LogP contribution is -2.38. The number of imidazole rings is 1. The minimum atomic E-state index is -3.86. The van der Waals surface area contributed by atoms with Crippen LogP contribution < -0.4 is 0 Å². The van der Waals surface area contributed by atoms with E-state index in [2.05, 4.69) is 30.7 Å². The molecule has 2 heterocycles. The predicted octanol–water partition coefficient (Wildman–Crippen LogP) is 6.56. The van der Waals surface area contributed by atoms with Crippen LogP contribution in [0.15, 0.2) is 66.4 Å². The standard InChI is InChI=1S/C32H36N4O4SSi/c1-22-8-7-14-32(3,19-22)41(38,39)36-15-13-25-26(11-9-23(2)29(25)36)30(37)31-34-27-12-10-24(20-33)18-28(27)35(31)21-40-16-17-42(4,5)6/h7-13,15,18-19H,14,16-17,21H2,1-6H3. The molecule has 1 unspecified atom stereocenters. The largest absolute Gasteiger partial charge is 0.361 e. The van der Waals surface area contributed by atoms with E-state index >= 15 is 0 Å². The van der Waals surface area contributed by atoms with Crippen molar-refractivity contribution in [3.8, 4) is 6.07 Å². The van der Waals surface area contributed by atoms with Gasteiger partial charge in [0.25, 0.3) is 0 Å². The summed E-state index contributed by atoms with van der Waals surface area (Å²) in [5.41, 5.74) is 4.13. The van der Waals surface area contributed by atoms with E-state index in [1.807, 2.05) is 26.0 Å². The molecule has 0 spiro atoms. The molecule has 0 N–H and O–H groups in total. The molecular weight excluding hydrogens is 565 g/mol. The Bertz CT molecular complexity index is 1940. The Kier molecular flexibility index (Phi) is 7.64. The van der Waals surface area contributed by atoms with Gasteiger partial charge in [-0.1, -0.05) is 49.5 Å². The summed E-state index contributed by atoms with van der Waals surface area (Å²) in [5.74, 6) is -0.169. The molecule has 0 aliphatic heterocycles. The summed E-state index contributed by atoms with van der Waals surface area (Å²) in [6.45, 7) is 12.9. The van der Waals surface area contributed by atoms with E-state index in [1.54, 1.807) is 54.0 Å². The normalized spacial score (nSPS) is 17.5. The fraction of sp³-hybridized carbons (Fsp3) is 0.344. The van der Waals surface area contributed by atoms with Crippen molar-refractivity contribution in [3.05, 3.63) is 88.9 Å². The van der Waals surface area contributed by atoms with Gasteiger partial charge in [-0.25, -0.2) is 17.4 Å². The zero-order chi connectivity index (χ0) is 30.4. The molecule has 5 rings (SSSR count). The first kappa shape index (κ1) is 29.7. The quantitative estimate of drug-likeness (QED) is 0.122. The van der Waals surface area contributed by atoms with E-state index in [9.17, 15) is 18.5 Å². The summed E-state index contributed by atoms with van der Waals surface area (Å²) in [6, 6.07) is 13.4. The lowest BCUT2D eigenvalue weighted by atomic mass is 9.98. The van der Waals surface area contributed by atoms with Gasteiger partial charge in [0.15, 0.2) is 5.82 Å². The number of ketones is 1. The van der Waals surface area contributed by atoms with E-state index < -0.39 is 22.8 Å². The van der Waals surface area contributed by atoms with Crippen molar-refractivity contribution in [1.29, 1.82) is 5.26 Å². The van der Waals surface area contributed by atoms with E-state index in [0.717, 1.165) is 17.2 Å². The molecule has 1 aliphatic rings. The molecule has 218 valence electrons. The van der Waals surface area contributed by atoms with Gasteiger partial charge in [0, 0.05) is 31.8 Å².